The van der Waals surface area contributed by atoms with Crippen molar-refractivity contribution in [3.63, 3.8) is 0 Å². The predicted octanol–water partition coefficient (Wildman–Crippen LogP) is 14.5. The molecule has 0 fully saturated rings. The Morgan fingerprint density at radius 2 is 1.11 bits per heavy atom. The maximum Gasteiger partial charge on any atom is 0.0702 e. The summed E-state index contributed by atoms with van der Waals surface area (Å²) in [5.41, 5.74) is 14.6. The van der Waals surface area contributed by atoms with E-state index >= 15 is 0 Å². The molecule has 0 bridgehead atoms. The van der Waals surface area contributed by atoms with Crippen LogP contribution >= 0.6 is 0 Å². The number of benzene rings is 9. The quantitative estimate of drug-likeness (QED) is 0.173. The van der Waals surface area contributed by atoms with E-state index in [1.54, 1.807) is 0 Å². The third-order valence-corrected chi connectivity index (χ3v) is 11.9. The van der Waals surface area contributed by atoms with E-state index in [2.05, 4.69) is 217 Å². The van der Waals surface area contributed by atoms with Gasteiger partial charge in [-0.15, -0.1) is 0 Å². The standard InChI is InChI=1S/C53H38N2/c1-53(2)45-23-10-8-20-42(45)43-31-30-40(34-46(43)53)54(39-18-4-3-5-19-39)48-25-12-13-26-49(48)55-47-24-11-9-21-44(47)52-50(55)32-29-36-17-14-22-41(51(36)52)38-28-27-35-15-6-7-16-37(35)33-38/h3-34H,1-2H3. The average molecular weight is 703 g/mol. The zero-order chi connectivity index (χ0) is 36.7. The van der Waals surface area contributed by atoms with Crippen molar-refractivity contribution in [1.29, 1.82) is 0 Å². The summed E-state index contributed by atoms with van der Waals surface area (Å²) >= 11 is 0. The second-order valence-corrected chi connectivity index (χ2v) is 15.3. The van der Waals surface area contributed by atoms with Crippen molar-refractivity contribution >= 4 is 60.4 Å². The van der Waals surface area contributed by atoms with Gasteiger partial charge in [-0.05, 0) is 110 Å². The van der Waals surface area contributed by atoms with Gasteiger partial charge in [0.15, 0.2) is 0 Å². The monoisotopic (exact) mass is 702 g/mol. The van der Waals surface area contributed by atoms with Crippen molar-refractivity contribution < 1.29 is 0 Å². The van der Waals surface area contributed by atoms with Gasteiger partial charge in [0.2, 0.25) is 0 Å². The lowest BCUT2D eigenvalue weighted by molar-refractivity contribution is 0.660. The summed E-state index contributed by atoms with van der Waals surface area (Å²) in [5, 5.41) is 7.54. The fourth-order valence-electron chi connectivity index (χ4n) is 9.37. The Balaban J connectivity index is 1.17. The number of aromatic nitrogens is 1. The second kappa shape index (κ2) is 12.1. The first-order valence-electron chi connectivity index (χ1n) is 19.2. The van der Waals surface area contributed by atoms with Crippen LogP contribution in [-0.2, 0) is 5.41 Å². The minimum Gasteiger partial charge on any atom is -0.308 e. The lowest BCUT2D eigenvalue weighted by atomic mass is 9.82. The molecule has 2 heteroatoms. The minimum atomic E-state index is -0.111. The summed E-state index contributed by atoms with van der Waals surface area (Å²) in [6.45, 7) is 4.72. The van der Waals surface area contributed by atoms with Crippen molar-refractivity contribution in [1.82, 2.24) is 4.57 Å². The highest BCUT2D eigenvalue weighted by atomic mass is 15.2. The molecular weight excluding hydrogens is 665 g/mol. The maximum atomic E-state index is 2.49. The second-order valence-electron chi connectivity index (χ2n) is 15.3. The summed E-state index contributed by atoms with van der Waals surface area (Å²) in [5.74, 6) is 0. The van der Waals surface area contributed by atoms with E-state index in [1.165, 1.54) is 76.7 Å². The van der Waals surface area contributed by atoms with Gasteiger partial charge >= 0.3 is 0 Å². The van der Waals surface area contributed by atoms with E-state index in [1.807, 2.05) is 0 Å². The maximum absolute atomic E-state index is 2.49. The number of para-hydroxylation sites is 4. The van der Waals surface area contributed by atoms with Gasteiger partial charge in [-0.3, -0.25) is 0 Å². The molecule has 2 nitrogen and oxygen atoms in total. The van der Waals surface area contributed by atoms with Gasteiger partial charge in [-0.1, -0.05) is 153 Å². The Morgan fingerprint density at radius 1 is 0.418 bits per heavy atom. The molecule has 0 saturated carbocycles. The number of anilines is 3. The Morgan fingerprint density at radius 3 is 2.02 bits per heavy atom. The molecule has 0 aliphatic heterocycles. The van der Waals surface area contributed by atoms with E-state index in [0.29, 0.717) is 0 Å². The van der Waals surface area contributed by atoms with Crippen molar-refractivity contribution in [3.05, 3.63) is 205 Å². The minimum absolute atomic E-state index is 0.111. The number of rotatable bonds is 5. The molecule has 0 unspecified atom stereocenters. The molecule has 1 aliphatic rings. The summed E-state index contributed by atoms with van der Waals surface area (Å²) in [6.07, 6.45) is 0. The molecule has 0 spiro atoms. The van der Waals surface area contributed by atoms with Crippen LogP contribution in [0.4, 0.5) is 17.1 Å². The summed E-state index contributed by atoms with van der Waals surface area (Å²) in [6, 6.07) is 71.4. The molecule has 1 heterocycles. The molecule has 55 heavy (non-hydrogen) atoms. The largest absolute Gasteiger partial charge is 0.308 e. The molecule has 0 N–H and O–H groups in total. The van der Waals surface area contributed by atoms with E-state index in [0.717, 1.165) is 22.7 Å². The van der Waals surface area contributed by atoms with Crippen LogP contribution in [0.15, 0.2) is 194 Å². The Bertz CT molecular complexity index is 3130. The van der Waals surface area contributed by atoms with Crippen LogP contribution in [-0.4, -0.2) is 4.57 Å². The molecule has 9 aromatic carbocycles. The molecule has 1 aliphatic carbocycles. The number of hydrogen-bond acceptors (Lipinski definition) is 1. The first-order chi connectivity index (χ1) is 27.1. The molecule has 0 radical (unpaired) electrons. The molecular formula is C53H38N2. The highest BCUT2D eigenvalue weighted by molar-refractivity contribution is 6.25. The third kappa shape index (κ3) is 4.74. The summed E-state index contributed by atoms with van der Waals surface area (Å²) in [4.78, 5) is 2.44. The average Bonchev–Trinajstić information content (AvgIpc) is 3.69. The van der Waals surface area contributed by atoms with Crippen LogP contribution in [0.25, 0.3) is 71.3 Å². The summed E-state index contributed by atoms with van der Waals surface area (Å²) < 4.78 is 2.49. The first-order valence-corrected chi connectivity index (χ1v) is 19.2. The first kappa shape index (κ1) is 31.6. The topological polar surface area (TPSA) is 8.17 Å². The normalized spacial score (nSPS) is 13.1. The SMILES string of the molecule is CC1(C)c2ccccc2-c2ccc(N(c3ccccc3)c3ccccc3-n3c4ccccc4c4c5c(-c6ccc7ccccc7c6)cccc5ccc43)cc21. The highest BCUT2D eigenvalue weighted by Crippen LogP contribution is 2.51. The Labute approximate surface area is 321 Å². The van der Waals surface area contributed by atoms with E-state index < -0.39 is 0 Å². The summed E-state index contributed by atoms with van der Waals surface area (Å²) in [7, 11) is 0. The van der Waals surface area contributed by atoms with E-state index in [4.69, 9.17) is 0 Å². The van der Waals surface area contributed by atoms with Gasteiger partial charge in [-0.25, -0.2) is 0 Å². The van der Waals surface area contributed by atoms with Crippen LogP contribution in [0.3, 0.4) is 0 Å². The van der Waals surface area contributed by atoms with Crippen molar-refractivity contribution in [2.75, 3.05) is 4.90 Å². The van der Waals surface area contributed by atoms with E-state index in [9.17, 15) is 0 Å². The van der Waals surface area contributed by atoms with Gasteiger partial charge in [0.1, 0.15) is 0 Å². The molecule has 260 valence electrons. The molecule has 0 saturated heterocycles. The van der Waals surface area contributed by atoms with Crippen LogP contribution in [0.1, 0.15) is 25.0 Å². The fraction of sp³-hybridized carbons (Fsp3) is 0.0566. The molecule has 11 rings (SSSR count). The predicted molar refractivity (Wildman–Crippen MR) is 233 cm³/mol. The van der Waals surface area contributed by atoms with Gasteiger partial charge in [0.25, 0.3) is 0 Å². The Kier molecular flexibility index (Phi) is 6.93. The third-order valence-electron chi connectivity index (χ3n) is 11.9. The van der Waals surface area contributed by atoms with Crippen molar-refractivity contribution in [2.45, 2.75) is 19.3 Å². The number of fused-ring (bicyclic) bond motifs is 9. The zero-order valence-electron chi connectivity index (χ0n) is 30.9. The lowest BCUT2D eigenvalue weighted by Gasteiger charge is -2.30. The fourth-order valence-corrected chi connectivity index (χ4v) is 9.37. The molecule has 0 amide bonds. The molecule has 10 aromatic rings. The lowest BCUT2D eigenvalue weighted by Crippen LogP contribution is -2.17. The van der Waals surface area contributed by atoms with Gasteiger partial charge in [-0.2, -0.15) is 0 Å². The number of nitrogens with zero attached hydrogens (tertiary/aromatic N) is 2. The zero-order valence-corrected chi connectivity index (χ0v) is 30.9. The van der Waals surface area contributed by atoms with Gasteiger partial charge in [0.05, 0.1) is 22.4 Å². The van der Waals surface area contributed by atoms with Crippen LogP contribution in [0, 0.1) is 0 Å². The van der Waals surface area contributed by atoms with Crippen molar-refractivity contribution in [2.24, 2.45) is 0 Å². The van der Waals surface area contributed by atoms with Crippen LogP contribution < -0.4 is 4.90 Å². The van der Waals surface area contributed by atoms with Gasteiger partial charge < -0.3 is 9.47 Å². The highest BCUT2D eigenvalue weighted by Gasteiger charge is 2.36. The van der Waals surface area contributed by atoms with E-state index in [-0.39, 0.29) is 5.41 Å². The van der Waals surface area contributed by atoms with Gasteiger partial charge in [0, 0.05) is 27.6 Å². The van der Waals surface area contributed by atoms with Crippen LogP contribution in [0.5, 0.6) is 0 Å². The smallest absolute Gasteiger partial charge is 0.0702 e. The van der Waals surface area contributed by atoms with Crippen LogP contribution in [0.2, 0.25) is 0 Å². The molecule has 1 aromatic heterocycles. The molecule has 0 atom stereocenters. The number of hydrogen-bond donors (Lipinski definition) is 0. The van der Waals surface area contributed by atoms with Crippen molar-refractivity contribution in [3.8, 4) is 27.9 Å². The Hall–Kier alpha value is -6.90.